The summed E-state index contributed by atoms with van der Waals surface area (Å²) in [7, 11) is 4.20. The fourth-order valence-corrected chi connectivity index (χ4v) is 6.07. The first-order valence-corrected chi connectivity index (χ1v) is 9.87. The van der Waals surface area contributed by atoms with Crippen LogP contribution in [0.4, 0.5) is 0 Å². The molecule has 4 saturated carbocycles. The van der Waals surface area contributed by atoms with Gasteiger partial charge in [0.2, 0.25) is 5.91 Å². The summed E-state index contributed by atoms with van der Waals surface area (Å²) in [6, 6.07) is -0.112. The van der Waals surface area contributed by atoms with Crippen LogP contribution in [0.1, 0.15) is 59.3 Å². The van der Waals surface area contributed by atoms with E-state index in [4.69, 9.17) is 0 Å². The van der Waals surface area contributed by atoms with Gasteiger partial charge in [-0.3, -0.25) is 4.79 Å². The SMILES string of the molecule is C[C@@H](NCC(C)(C)CN(C)C)C(=O)NC12CC3CC(CC(C3)C1)C2. The number of carbonyl (C=O) groups is 1. The molecule has 4 heteroatoms. The van der Waals surface area contributed by atoms with Gasteiger partial charge in [0, 0.05) is 18.6 Å². The van der Waals surface area contributed by atoms with Crippen molar-refractivity contribution in [3.05, 3.63) is 0 Å². The maximum Gasteiger partial charge on any atom is 0.237 e. The Kier molecular flexibility index (Phi) is 5.00. The zero-order valence-corrected chi connectivity index (χ0v) is 16.3. The predicted molar refractivity (Wildman–Crippen MR) is 98.8 cm³/mol. The van der Waals surface area contributed by atoms with Gasteiger partial charge >= 0.3 is 0 Å². The molecule has 0 radical (unpaired) electrons. The largest absolute Gasteiger partial charge is 0.349 e. The van der Waals surface area contributed by atoms with E-state index in [1.807, 2.05) is 6.92 Å². The second kappa shape index (κ2) is 6.60. The number of amides is 1. The monoisotopic (exact) mass is 335 g/mol. The van der Waals surface area contributed by atoms with Gasteiger partial charge in [-0.1, -0.05) is 13.8 Å². The van der Waals surface area contributed by atoms with Crippen LogP contribution < -0.4 is 10.6 Å². The molecule has 4 aliphatic rings. The molecule has 1 atom stereocenters. The summed E-state index contributed by atoms with van der Waals surface area (Å²) in [6.45, 7) is 8.40. The fraction of sp³-hybridized carbons (Fsp3) is 0.950. The molecule has 1 amide bonds. The Labute approximate surface area is 148 Å². The van der Waals surface area contributed by atoms with Gasteiger partial charge in [0.05, 0.1) is 6.04 Å². The third-order valence-electron chi connectivity index (χ3n) is 6.45. The number of hydrogen-bond acceptors (Lipinski definition) is 3. The van der Waals surface area contributed by atoms with Gasteiger partial charge in [0.15, 0.2) is 0 Å². The first kappa shape index (κ1) is 18.2. The number of nitrogens with zero attached hydrogens (tertiary/aromatic N) is 1. The van der Waals surface area contributed by atoms with Crippen molar-refractivity contribution >= 4 is 5.91 Å². The number of nitrogens with one attached hydrogen (secondary N) is 2. The lowest BCUT2D eigenvalue weighted by Crippen LogP contribution is -2.62. The molecule has 0 spiro atoms. The quantitative estimate of drug-likeness (QED) is 0.752. The summed E-state index contributed by atoms with van der Waals surface area (Å²) >= 11 is 0. The van der Waals surface area contributed by atoms with Gasteiger partial charge < -0.3 is 15.5 Å². The highest BCUT2D eigenvalue weighted by atomic mass is 16.2. The lowest BCUT2D eigenvalue weighted by atomic mass is 9.53. The third kappa shape index (κ3) is 4.13. The van der Waals surface area contributed by atoms with Crippen LogP contribution in [0.5, 0.6) is 0 Å². The minimum atomic E-state index is -0.112. The molecule has 4 aliphatic carbocycles. The van der Waals surface area contributed by atoms with Crippen molar-refractivity contribution in [2.75, 3.05) is 27.2 Å². The molecule has 138 valence electrons. The van der Waals surface area contributed by atoms with Crippen molar-refractivity contribution in [1.82, 2.24) is 15.5 Å². The van der Waals surface area contributed by atoms with E-state index in [1.54, 1.807) is 0 Å². The average molecular weight is 336 g/mol. The lowest BCUT2D eigenvalue weighted by Gasteiger charge is -2.57. The molecule has 0 unspecified atom stereocenters. The van der Waals surface area contributed by atoms with Gasteiger partial charge in [0.1, 0.15) is 0 Å². The zero-order chi connectivity index (χ0) is 17.5. The minimum Gasteiger partial charge on any atom is -0.349 e. The second-order valence-electron chi connectivity index (χ2n) is 10.2. The van der Waals surface area contributed by atoms with Crippen LogP contribution in [-0.2, 0) is 4.79 Å². The Hall–Kier alpha value is -0.610. The highest BCUT2D eigenvalue weighted by molar-refractivity contribution is 5.82. The van der Waals surface area contributed by atoms with Gasteiger partial charge in [-0.05, 0) is 82.7 Å². The lowest BCUT2D eigenvalue weighted by molar-refractivity contribution is -0.128. The first-order valence-electron chi connectivity index (χ1n) is 9.87. The van der Waals surface area contributed by atoms with E-state index in [0.29, 0.717) is 0 Å². The molecule has 4 bridgehead atoms. The molecule has 0 aliphatic heterocycles. The molecule has 0 heterocycles. The van der Waals surface area contributed by atoms with E-state index in [0.717, 1.165) is 30.8 Å². The highest BCUT2D eigenvalue weighted by Gasteiger charge is 2.51. The van der Waals surface area contributed by atoms with E-state index < -0.39 is 0 Å². The molecular weight excluding hydrogens is 298 g/mol. The van der Waals surface area contributed by atoms with Gasteiger partial charge in [-0.25, -0.2) is 0 Å². The molecule has 24 heavy (non-hydrogen) atoms. The maximum atomic E-state index is 12.8. The predicted octanol–water partition coefficient (Wildman–Crippen LogP) is 2.64. The first-order chi connectivity index (χ1) is 11.2. The number of rotatable bonds is 7. The van der Waals surface area contributed by atoms with Crippen molar-refractivity contribution < 1.29 is 4.79 Å². The standard InChI is InChI=1S/C20H37N3O/c1-14(21-12-19(2,3)13-23(4)5)18(24)22-20-9-15-6-16(10-20)8-17(7-15)11-20/h14-17,21H,6-13H2,1-5H3,(H,22,24)/t14-,15?,16?,17?,20?/m1/s1. The molecular formula is C20H37N3O. The smallest absolute Gasteiger partial charge is 0.237 e. The van der Waals surface area contributed by atoms with Crippen molar-refractivity contribution in [2.45, 2.75) is 70.9 Å². The summed E-state index contributed by atoms with van der Waals surface area (Å²) in [4.78, 5) is 15.0. The van der Waals surface area contributed by atoms with Crippen LogP contribution in [-0.4, -0.2) is 49.6 Å². The van der Waals surface area contributed by atoms with Gasteiger partial charge in [-0.15, -0.1) is 0 Å². The Bertz CT molecular complexity index is 436. The second-order valence-corrected chi connectivity index (χ2v) is 10.2. The Morgan fingerprint density at radius 1 is 1.12 bits per heavy atom. The Balaban J connectivity index is 1.51. The average Bonchev–Trinajstić information content (AvgIpc) is 2.41. The Morgan fingerprint density at radius 3 is 2.08 bits per heavy atom. The summed E-state index contributed by atoms with van der Waals surface area (Å²) in [5.41, 5.74) is 0.291. The molecule has 0 saturated heterocycles. The van der Waals surface area contributed by atoms with E-state index >= 15 is 0 Å². The van der Waals surface area contributed by atoms with Crippen molar-refractivity contribution in [3.63, 3.8) is 0 Å². The molecule has 0 aromatic heterocycles. The van der Waals surface area contributed by atoms with E-state index in [2.05, 4.69) is 43.5 Å². The van der Waals surface area contributed by atoms with Crippen LogP contribution in [0.3, 0.4) is 0 Å². The molecule has 4 rings (SSSR count). The molecule has 0 aromatic rings. The van der Waals surface area contributed by atoms with Crippen LogP contribution in [0, 0.1) is 23.2 Å². The molecule has 0 aromatic carbocycles. The number of carbonyl (C=O) groups excluding carboxylic acids is 1. The molecule has 2 N–H and O–H groups in total. The van der Waals surface area contributed by atoms with Gasteiger partial charge in [-0.2, -0.15) is 0 Å². The van der Waals surface area contributed by atoms with E-state index in [-0.39, 0.29) is 22.9 Å². The maximum absolute atomic E-state index is 12.8. The van der Waals surface area contributed by atoms with E-state index in [1.165, 1.54) is 38.5 Å². The summed E-state index contributed by atoms with van der Waals surface area (Å²) < 4.78 is 0. The molecule has 4 nitrogen and oxygen atoms in total. The Morgan fingerprint density at radius 2 is 1.62 bits per heavy atom. The van der Waals surface area contributed by atoms with Crippen molar-refractivity contribution in [2.24, 2.45) is 23.2 Å². The van der Waals surface area contributed by atoms with Crippen molar-refractivity contribution in [3.8, 4) is 0 Å². The number of hydrogen-bond donors (Lipinski definition) is 2. The molecule has 4 fully saturated rings. The van der Waals surface area contributed by atoms with Gasteiger partial charge in [0.25, 0.3) is 0 Å². The van der Waals surface area contributed by atoms with Crippen LogP contribution >= 0.6 is 0 Å². The van der Waals surface area contributed by atoms with E-state index in [9.17, 15) is 4.79 Å². The van der Waals surface area contributed by atoms with Crippen molar-refractivity contribution in [1.29, 1.82) is 0 Å². The normalized spacial score (nSPS) is 36.2. The van der Waals surface area contributed by atoms with Crippen LogP contribution in [0.2, 0.25) is 0 Å². The topological polar surface area (TPSA) is 44.4 Å². The zero-order valence-electron chi connectivity index (χ0n) is 16.3. The minimum absolute atomic E-state index is 0.112. The summed E-state index contributed by atoms with van der Waals surface area (Å²) in [5, 5.41) is 6.96. The van der Waals surface area contributed by atoms with Crippen LogP contribution in [0.15, 0.2) is 0 Å². The third-order valence-corrected chi connectivity index (χ3v) is 6.45. The summed E-state index contributed by atoms with van der Waals surface area (Å²) in [6.07, 6.45) is 7.93. The summed E-state index contributed by atoms with van der Waals surface area (Å²) in [5.74, 6) is 2.83. The fourth-order valence-electron chi connectivity index (χ4n) is 6.07. The highest BCUT2D eigenvalue weighted by Crippen LogP contribution is 2.55. The van der Waals surface area contributed by atoms with Crippen LogP contribution in [0.25, 0.3) is 0 Å².